The van der Waals surface area contributed by atoms with E-state index in [2.05, 4.69) is 10.4 Å². The van der Waals surface area contributed by atoms with E-state index in [0.29, 0.717) is 30.8 Å². The normalized spacial score (nSPS) is 18.9. The molecule has 8 nitrogen and oxygen atoms in total. The van der Waals surface area contributed by atoms with Crippen LogP contribution in [0, 0.1) is 0 Å². The summed E-state index contributed by atoms with van der Waals surface area (Å²) in [6.45, 7) is 0.492. The number of hydrogen-bond donors (Lipinski definition) is 2. The molecule has 0 bridgehead atoms. The highest BCUT2D eigenvalue weighted by atomic mass is 32.2. The van der Waals surface area contributed by atoms with Gasteiger partial charge in [-0.15, -0.1) is 0 Å². The molecule has 2 aromatic rings. The molecule has 1 unspecified atom stereocenters. The summed E-state index contributed by atoms with van der Waals surface area (Å²) in [6, 6.07) is 7.41. The fraction of sp³-hybridized carbons (Fsp3) is 0.375. The van der Waals surface area contributed by atoms with Gasteiger partial charge in [0.25, 0.3) is 5.91 Å². The maximum absolute atomic E-state index is 12.6. The van der Waals surface area contributed by atoms with Crippen molar-refractivity contribution in [2.24, 2.45) is 7.05 Å². The Kier molecular flexibility index (Phi) is 4.89. The van der Waals surface area contributed by atoms with Gasteiger partial charge in [-0.1, -0.05) is 0 Å². The van der Waals surface area contributed by atoms with Crippen LogP contribution in [0.4, 0.5) is 5.82 Å². The number of aromatic nitrogens is 2. The van der Waals surface area contributed by atoms with E-state index < -0.39 is 16.1 Å². The summed E-state index contributed by atoms with van der Waals surface area (Å²) in [6.07, 6.45) is 2.31. The molecule has 1 fully saturated rings. The molecule has 1 atom stereocenters. The van der Waals surface area contributed by atoms with Crippen LogP contribution in [0.3, 0.4) is 0 Å². The molecule has 0 radical (unpaired) electrons. The number of β-amino-alcohol motifs (C(OH)–C–C–N with tert-alkyl or cyclic N) is 1. The molecule has 2 N–H and O–H groups in total. The molecule has 1 amide bonds. The van der Waals surface area contributed by atoms with Crippen molar-refractivity contribution >= 4 is 21.7 Å². The first-order valence-electron chi connectivity index (χ1n) is 7.95. The maximum Gasteiger partial charge on any atom is 0.256 e. The monoisotopic (exact) mass is 364 g/mol. The predicted molar refractivity (Wildman–Crippen MR) is 91.6 cm³/mol. The number of anilines is 1. The molecule has 1 aliphatic rings. The van der Waals surface area contributed by atoms with Gasteiger partial charge in [0.15, 0.2) is 5.82 Å². The zero-order chi connectivity index (χ0) is 18.0. The highest BCUT2D eigenvalue weighted by Gasteiger charge is 2.29. The Morgan fingerprint density at radius 2 is 2.00 bits per heavy atom. The quantitative estimate of drug-likeness (QED) is 0.836. The van der Waals surface area contributed by atoms with Crippen LogP contribution in [0.15, 0.2) is 41.4 Å². The Morgan fingerprint density at radius 3 is 2.60 bits per heavy atom. The van der Waals surface area contributed by atoms with Crippen LogP contribution < -0.4 is 5.32 Å². The van der Waals surface area contributed by atoms with Gasteiger partial charge < -0.3 is 10.4 Å². The number of aryl methyl sites for hydroxylation is 1. The first kappa shape index (κ1) is 17.6. The number of carbonyl (C=O) groups is 1. The number of hydrogen-bond acceptors (Lipinski definition) is 5. The average Bonchev–Trinajstić information content (AvgIpc) is 3.00. The summed E-state index contributed by atoms with van der Waals surface area (Å²) in [7, 11) is -1.92. The Balaban J connectivity index is 1.74. The molecule has 2 heterocycles. The molecule has 134 valence electrons. The van der Waals surface area contributed by atoms with Crippen molar-refractivity contribution in [1.82, 2.24) is 14.1 Å². The lowest BCUT2D eigenvalue weighted by molar-refractivity contribution is 0.102. The number of amides is 1. The van der Waals surface area contributed by atoms with Crippen LogP contribution >= 0.6 is 0 Å². The highest BCUT2D eigenvalue weighted by Crippen LogP contribution is 2.21. The Labute approximate surface area is 146 Å². The zero-order valence-corrected chi connectivity index (χ0v) is 14.6. The molecule has 1 aliphatic heterocycles. The van der Waals surface area contributed by atoms with Crippen LogP contribution in [0.2, 0.25) is 0 Å². The lowest BCUT2D eigenvalue weighted by atomic mass is 10.1. The number of carbonyl (C=O) groups excluding carboxylic acids is 1. The second kappa shape index (κ2) is 6.95. The summed E-state index contributed by atoms with van der Waals surface area (Å²) in [5, 5.41) is 16.4. The van der Waals surface area contributed by atoms with Crippen molar-refractivity contribution in [2.45, 2.75) is 23.8 Å². The Bertz CT molecular complexity index is 861. The molecule has 1 aromatic carbocycles. The minimum atomic E-state index is -3.67. The van der Waals surface area contributed by atoms with Crippen LogP contribution in [0.1, 0.15) is 23.2 Å². The summed E-state index contributed by atoms with van der Waals surface area (Å²) >= 11 is 0. The van der Waals surface area contributed by atoms with Crippen molar-refractivity contribution in [3.8, 4) is 0 Å². The molecule has 0 saturated carbocycles. The van der Waals surface area contributed by atoms with Gasteiger partial charge in [-0.3, -0.25) is 9.48 Å². The average molecular weight is 364 g/mol. The first-order chi connectivity index (χ1) is 11.9. The van der Waals surface area contributed by atoms with Crippen LogP contribution in [0.25, 0.3) is 0 Å². The predicted octanol–water partition coefficient (Wildman–Crippen LogP) is 0.818. The fourth-order valence-electron chi connectivity index (χ4n) is 2.74. The molecule has 0 aliphatic carbocycles. The molecule has 0 spiro atoms. The number of nitrogens with one attached hydrogen (secondary N) is 1. The molecule has 1 saturated heterocycles. The summed E-state index contributed by atoms with van der Waals surface area (Å²) in [5.74, 6) is 0.0579. The largest absolute Gasteiger partial charge is 0.392 e. The molecular formula is C16H20N4O4S. The van der Waals surface area contributed by atoms with Crippen molar-refractivity contribution in [3.05, 3.63) is 42.1 Å². The van der Waals surface area contributed by atoms with E-state index in [9.17, 15) is 18.3 Å². The van der Waals surface area contributed by atoms with Crippen LogP contribution in [-0.2, 0) is 17.1 Å². The topological polar surface area (TPSA) is 105 Å². The standard InChI is InChI=1S/C16H20N4O4S/c1-19-10-8-15(18-19)17-16(22)12-4-6-14(7-5-12)25(23,24)20-9-2-3-13(21)11-20/h4-8,10,13,21H,2-3,9,11H2,1H3,(H,17,18,22). The maximum atomic E-state index is 12.6. The zero-order valence-electron chi connectivity index (χ0n) is 13.8. The van der Waals surface area contributed by atoms with Gasteiger partial charge in [0.1, 0.15) is 0 Å². The van der Waals surface area contributed by atoms with Crippen molar-refractivity contribution in [1.29, 1.82) is 0 Å². The van der Waals surface area contributed by atoms with Gasteiger partial charge in [-0.2, -0.15) is 9.40 Å². The van der Waals surface area contributed by atoms with Crippen molar-refractivity contribution in [3.63, 3.8) is 0 Å². The van der Waals surface area contributed by atoms with Gasteiger partial charge in [0.05, 0.1) is 11.0 Å². The molecule has 1 aromatic heterocycles. The number of benzene rings is 1. The van der Waals surface area contributed by atoms with E-state index in [1.807, 2.05) is 0 Å². The third-order valence-corrected chi connectivity index (χ3v) is 5.95. The number of rotatable bonds is 4. The second-order valence-corrected chi connectivity index (χ2v) is 7.95. The minimum absolute atomic E-state index is 0.101. The van der Waals surface area contributed by atoms with Gasteiger partial charge in [0.2, 0.25) is 10.0 Å². The Morgan fingerprint density at radius 1 is 1.28 bits per heavy atom. The van der Waals surface area contributed by atoms with Gasteiger partial charge >= 0.3 is 0 Å². The molecular weight excluding hydrogens is 344 g/mol. The highest BCUT2D eigenvalue weighted by molar-refractivity contribution is 7.89. The van der Waals surface area contributed by atoms with Crippen molar-refractivity contribution in [2.75, 3.05) is 18.4 Å². The van der Waals surface area contributed by atoms with Gasteiger partial charge in [-0.05, 0) is 37.1 Å². The van der Waals surface area contributed by atoms with Crippen LogP contribution in [0.5, 0.6) is 0 Å². The van der Waals surface area contributed by atoms with E-state index in [0.717, 1.165) is 0 Å². The fourth-order valence-corrected chi connectivity index (χ4v) is 4.25. The third-order valence-electron chi connectivity index (χ3n) is 4.07. The molecule has 3 rings (SSSR count). The summed E-state index contributed by atoms with van der Waals surface area (Å²) in [5.41, 5.74) is 0.336. The summed E-state index contributed by atoms with van der Waals surface area (Å²) in [4.78, 5) is 12.3. The lowest BCUT2D eigenvalue weighted by Crippen LogP contribution is -2.42. The third kappa shape index (κ3) is 3.89. The SMILES string of the molecule is Cn1ccc(NC(=O)c2ccc(S(=O)(=O)N3CCCC(O)C3)cc2)n1. The number of nitrogens with zero attached hydrogens (tertiary/aromatic N) is 3. The van der Waals surface area contributed by atoms with E-state index in [-0.39, 0.29) is 17.3 Å². The van der Waals surface area contributed by atoms with E-state index in [1.54, 1.807) is 24.0 Å². The van der Waals surface area contributed by atoms with Crippen molar-refractivity contribution < 1.29 is 18.3 Å². The van der Waals surface area contributed by atoms with E-state index in [1.165, 1.54) is 28.6 Å². The number of aliphatic hydroxyl groups is 1. The van der Waals surface area contributed by atoms with Gasteiger partial charge in [-0.25, -0.2) is 8.42 Å². The smallest absolute Gasteiger partial charge is 0.256 e. The van der Waals surface area contributed by atoms with E-state index in [4.69, 9.17) is 0 Å². The summed E-state index contributed by atoms with van der Waals surface area (Å²) < 4.78 is 28.1. The lowest BCUT2D eigenvalue weighted by Gasteiger charge is -2.29. The molecule has 25 heavy (non-hydrogen) atoms. The number of sulfonamides is 1. The molecule has 9 heteroatoms. The second-order valence-electron chi connectivity index (χ2n) is 6.01. The number of aliphatic hydroxyl groups excluding tert-OH is 1. The van der Waals surface area contributed by atoms with Crippen LogP contribution in [-0.4, -0.2) is 52.7 Å². The minimum Gasteiger partial charge on any atom is -0.392 e. The number of piperidine rings is 1. The van der Waals surface area contributed by atoms with Gasteiger partial charge in [0, 0.05) is 38.0 Å². The van der Waals surface area contributed by atoms with E-state index >= 15 is 0 Å². The Hall–Kier alpha value is -2.23. The first-order valence-corrected chi connectivity index (χ1v) is 9.39.